The van der Waals surface area contributed by atoms with Crippen molar-refractivity contribution in [2.24, 2.45) is 0 Å². The fourth-order valence-electron chi connectivity index (χ4n) is 8.69. The van der Waals surface area contributed by atoms with Crippen molar-refractivity contribution in [2.75, 3.05) is 21.7 Å². The second-order valence-electron chi connectivity index (χ2n) is 18.9. The number of nitrogen functional groups attached to an aromatic ring is 1. The SMILES string of the molecule is Cc1cc(C(C#N)c2ccc(Cl)cc2)c(Cl)cc1NC(=O)c1cccc(F)c1.Cc1cc(C(C#N)c2ccc(Cl)cc2)c(Cl)cc1NC(=O)c1ccccc1N.Cc1cc(C(C#N)c2ccc(Cl)cc2)c(Cl)cc1NC(=O)c1ccccc1S. The molecule has 0 saturated carbocycles. The first-order chi connectivity index (χ1) is 40.2. The Morgan fingerprint density at radius 3 is 1.15 bits per heavy atom. The van der Waals surface area contributed by atoms with Gasteiger partial charge in [0.25, 0.3) is 17.7 Å². The molecule has 9 rings (SSSR count). The first kappa shape index (κ1) is 63.3. The normalized spacial score (nSPS) is 11.5. The number of carbonyl (C=O) groups is 3. The molecular weight excluding hydrogens is 1200 g/mol. The topological polar surface area (TPSA) is 185 Å². The number of carbonyl (C=O) groups excluding carboxylic acids is 3. The lowest BCUT2D eigenvalue weighted by Crippen LogP contribution is -2.15. The highest BCUT2D eigenvalue weighted by atomic mass is 35.5. The van der Waals surface area contributed by atoms with Gasteiger partial charge in [0.1, 0.15) is 5.82 Å². The van der Waals surface area contributed by atoms with E-state index >= 15 is 0 Å². The van der Waals surface area contributed by atoms with E-state index < -0.39 is 29.5 Å². The summed E-state index contributed by atoms with van der Waals surface area (Å²) in [7, 11) is 0. The van der Waals surface area contributed by atoms with Crippen LogP contribution in [-0.2, 0) is 0 Å². The highest BCUT2D eigenvalue weighted by Crippen LogP contribution is 2.38. The lowest BCUT2D eigenvalue weighted by atomic mass is 9.91. The molecule has 0 spiro atoms. The van der Waals surface area contributed by atoms with Gasteiger partial charge in [-0.15, -0.1) is 12.6 Å². The maximum absolute atomic E-state index is 13.3. The van der Waals surface area contributed by atoms with Gasteiger partial charge in [0.15, 0.2) is 0 Å². The van der Waals surface area contributed by atoms with Crippen LogP contribution in [0.3, 0.4) is 0 Å². The number of halogens is 7. The molecule has 3 unspecified atom stereocenters. The molecule has 10 nitrogen and oxygen atoms in total. The molecule has 84 heavy (non-hydrogen) atoms. The molecule has 0 heterocycles. The van der Waals surface area contributed by atoms with Gasteiger partial charge in [0.2, 0.25) is 0 Å². The van der Waals surface area contributed by atoms with Gasteiger partial charge < -0.3 is 21.7 Å². The summed E-state index contributed by atoms with van der Waals surface area (Å²) < 4.78 is 13.3. The van der Waals surface area contributed by atoms with E-state index in [0.29, 0.717) is 85.6 Å². The summed E-state index contributed by atoms with van der Waals surface area (Å²) in [5.74, 6) is -3.18. The number of aryl methyl sites for hydroxylation is 3. The van der Waals surface area contributed by atoms with Gasteiger partial charge in [-0.2, -0.15) is 15.8 Å². The van der Waals surface area contributed by atoms with Crippen LogP contribution in [0.25, 0.3) is 0 Å². The molecule has 0 aromatic heterocycles. The zero-order chi connectivity index (χ0) is 60.8. The predicted octanol–water partition coefficient (Wildman–Crippen LogP) is 18.6. The van der Waals surface area contributed by atoms with Crippen molar-refractivity contribution >= 4 is 123 Å². The summed E-state index contributed by atoms with van der Waals surface area (Å²) in [4.78, 5) is 38.0. The van der Waals surface area contributed by atoms with E-state index in [0.717, 1.165) is 39.4 Å². The zero-order valence-corrected chi connectivity index (χ0v) is 50.2. The minimum atomic E-state index is -0.573. The number of para-hydroxylation sites is 1. The Morgan fingerprint density at radius 1 is 0.452 bits per heavy atom. The molecule has 0 fully saturated rings. The van der Waals surface area contributed by atoms with E-state index in [1.165, 1.54) is 18.2 Å². The highest BCUT2D eigenvalue weighted by molar-refractivity contribution is 7.80. The Kier molecular flexibility index (Phi) is 22.0. The van der Waals surface area contributed by atoms with Crippen molar-refractivity contribution in [1.82, 2.24) is 0 Å². The molecular formula is C66H48Cl6FN7O3S. The van der Waals surface area contributed by atoms with Crippen LogP contribution in [0.4, 0.5) is 27.1 Å². The minimum Gasteiger partial charge on any atom is -0.398 e. The summed E-state index contributed by atoms with van der Waals surface area (Å²) in [6, 6.07) is 57.7. The molecule has 5 N–H and O–H groups in total. The number of nitrogens with zero attached hydrogens (tertiary/aromatic N) is 3. The molecule has 3 atom stereocenters. The Labute approximate surface area is 521 Å². The quantitative estimate of drug-likeness (QED) is 0.0595. The number of hydrogen-bond acceptors (Lipinski definition) is 8. The van der Waals surface area contributed by atoms with Crippen LogP contribution in [0, 0.1) is 60.6 Å². The van der Waals surface area contributed by atoms with Crippen LogP contribution in [0.5, 0.6) is 0 Å². The van der Waals surface area contributed by atoms with Gasteiger partial charge in [0.05, 0.1) is 47.1 Å². The molecule has 0 aliphatic heterocycles. The number of amides is 3. The third kappa shape index (κ3) is 16.1. The number of benzene rings is 9. The summed E-state index contributed by atoms with van der Waals surface area (Å²) in [5.41, 5.74) is 15.6. The molecule has 0 aliphatic rings. The fraction of sp³-hybridized carbons (Fsp3) is 0.0909. The van der Waals surface area contributed by atoms with E-state index in [1.807, 2.05) is 32.0 Å². The molecule has 18 heteroatoms. The van der Waals surface area contributed by atoms with Crippen LogP contribution < -0.4 is 21.7 Å². The largest absolute Gasteiger partial charge is 0.398 e. The van der Waals surface area contributed by atoms with Crippen molar-refractivity contribution in [3.05, 3.63) is 285 Å². The third-order valence-corrected chi connectivity index (χ3v) is 15.3. The van der Waals surface area contributed by atoms with Crippen LogP contribution in [0.2, 0.25) is 30.1 Å². The van der Waals surface area contributed by atoms with E-state index in [9.17, 15) is 34.6 Å². The highest BCUT2D eigenvalue weighted by Gasteiger charge is 2.23. The van der Waals surface area contributed by atoms with E-state index in [4.69, 9.17) is 75.3 Å². The van der Waals surface area contributed by atoms with Gasteiger partial charge in [-0.25, -0.2) is 4.39 Å². The fourth-order valence-corrected chi connectivity index (χ4v) is 10.1. The van der Waals surface area contributed by atoms with E-state index in [2.05, 4.69) is 46.8 Å². The summed E-state index contributed by atoms with van der Waals surface area (Å²) in [5, 5.41) is 40.4. The molecule has 9 aromatic rings. The Bertz CT molecular complexity index is 3880. The average molecular weight is 1250 g/mol. The maximum atomic E-state index is 13.3. The molecule has 9 aromatic carbocycles. The van der Waals surface area contributed by atoms with Crippen LogP contribution in [-0.4, -0.2) is 17.7 Å². The molecule has 0 bridgehead atoms. The predicted molar refractivity (Wildman–Crippen MR) is 340 cm³/mol. The van der Waals surface area contributed by atoms with Gasteiger partial charge >= 0.3 is 0 Å². The Morgan fingerprint density at radius 2 is 0.798 bits per heavy atom. The van der Waals surface area contributed by atoms with Crippen LogP contribution >= 0.6 is 82.2 Å². The van der Waals surface area contributed by atoms with Crippen molar-refractivity contribution in [2.45, 2.75) is 43.4 Å². The molecule has 3 amide bonds. The maximum Gasteiger partial charge on any atom is 0.257 e. The van der Waals surface area contributed by atoms with Crippen molar-refractivity contribution in [3.8, 4) is 18.2 Å². The lowest BCUT2D eigenvalue weighted by Gasteiger charge is -2.16. The number of anilines is 4. The Balaban J connectivity index is 0.000000181. The third-order valence-electron chi connectivity index (χ3n) is 13.1. The second kappa shape index (κ2) is 29.3. The lowest BCUT2D eigenvalue weighted by molar-refractivity contribution is 0.101. The van der Waals surface area contributed by atoms with Crippen LogP contribution in [0.15, 0.2) is 187 Å². The van der Waals surface area contributed by atoms with Gasteiger partial charge in [-0.3, -0.25) is 14.4 Å². The first-order valence-electron chi connectivity index (χ1n) is 25.4. The number of nitriles is 3. The first-order valence-corrected chi connectivity index (χ1v) is 28.1. The van der Waals surface area contributed by atoms with Gasteiger partial charge in [-0.05, 0) is 168 Å². The minimum absolute atomic E-state index is 0.204. The van der Waals surface area contributed by atoms with Gasteiger partial charge in [0, 0.05) is 63.3 Å². The number of thiol groups is 1. The molecule has 420 valence electrons. The average Bonchev–Trinajstić information content (AvgIpc) is 3.60. The summed E-state index contributed by atoms with van der Waals surface area (Å²) >= 11 is 41.5. The molecule has 0 aliphatic carbocycles. The number of hydrogen-bond donors (Lipinski definition) is 5. The van der Waals surface area contributed by atoms with Gasteiger partial charge in [-0.1, -0.05) is 155 Å². The molecule has 0 radical (unpaired) electrons. The Hall–Kier alpha value is -8.32. The van der Waals surface area contributed by atoms with E-state index in [1.54, 1.807) is 146 Å². The number of nitrogens with two attached hydrogens (primary N) is 1. The smallest absolute Gasteiger partial charge is 0.257 e. The monoisotopic (exact) mass is 1250 g/mol. The standard InChI is InChI=1S/C22H15Cl2FN2O.C22H17Cl2N3O.C22H16Cl2N2OS/c1-13-9-18(19(12-26)14-5-7-16(23)8-6-14)20(24)11-21(13)27-22(28)15-3-2-4-17(25)10-15;1-13-10-17(18(12-25)14-6-8-15(23)9-7-14)19(24)11-21(13)27-22(28)16-4-2-3-5-20(16)26;1-13-10-17(18(12-25)14-6-8-15(23)9-7-14)19(24)11-20(13)26-22(27)16-4-2-3-5-21(16)28/h2-11,19H,1H3,(H,27,28);2-11,18H,26H2,1H3,(H,27,28);2-11,18,28H,1H3,(H,26,27). The van der Waals surface area contributed by atoms with Crippen molar-refractivity contribution in [1.29, 1.82) is 15.8 Å². The van der Waals surface area contributed by atoms with E-state index in [-0.39, 0.29) is 17.4 Å². The number of rotatable bonds is 12. The van der Waals surface area contributed by atoms with Crippen LogP contribution in [0.1, 0.15) is 98.9 Å². The van der Waals surface area contributed by atoms with Crippen molar-refractivity contribution < 1.29 is 18.8 Å². The molecule has 0 saturated heterocycles. The number of nitrogens with one attached hydrogen (secondary N) is 3. The van der Waals surface area contributed by atoms with Crippen molar-refractivity contribution in [3.63, 3.8) is 0 Å². The second-order valence-corrected chi connectivity index (χ2v) is 21.9. The summed E-state index contributed by atoms with van der Waals surface area (Å²) in [6.07, 6.45) is 0. The zero-order valence-electron chi connectivity index (χ0n) is 44.8. The summed E-state index contributed by atoms with van der Waals surface area (Å²) in [6.45, 7) is 5.51.